The lowest BCUT2D eigenvalue weighted by Crippen LogP contribution is -2.49. The molecule has 2 aromatic rings. The average Bonchev–Trinajstić information content (AvgIpc) is 2.66. The van der Waals surface area contributed by atoms with Gasteiger partial charge in [-0.2, -0.15) is 0 Å². The zero-order valence-electron chi connectivity index (χ0n) is 16.5. The second-order valence-corrected chi connectivity index (χ2v) is 8.27. The van der Waals surface area contributed by atoms with Crippen molar-refractivity contribution in [3.05, 3.63) is 65.5 Å². The Labute approximate surface area is 161 Å². The third kappa shape index (κ3) is 4.88. The number of halogens is 1. The largest absolute Gasteiger partial charge is 0.366 e. The van der Waals surface area contributed by atoms with Crippen LogP contribution >= 0.6 is 0 Å². The number of benzene rings is 2. The fourth-order valence-electron chi connectivity index (χ4n) is 3.49. The summed E-state index contributed by atoms with van der Waals surface area (Å²) in [6.07, 6.45) is 1.28. The number of piperazine rings is 1. The first-order valence-corrected chi connectivity index (χ1v) is 9.71. The Bertz CT molecular complexity index is 772. The second-order valence-electron chi connectivity index (χ2n) is 8.27. The molecule has 1 aliphatic rings. The summed E-state index contributed by atoms with van der Waals surface area (Å²) in [5.74, 6) is -0.0148. The summed E-state index contributed by atoms with van der Waals surface area (Å²) in [7, 11) is 0. The number of hydrogen-bond donors (Lipinski definition) is 0. The minimum Gasteiger partial charge on any atom is -0.366 e. The van der Waals surface area contributed by atoms with Gasteiger partial charge in [-0.1, -0.05) is 57.2 Å². The van der Waals surface area contributed by atoms with Crippen LogP contribution in [0.15, 0.2) is 48.5 Å². The van der Waals surface area contributed by atoms with E-state index in [9.17, 15) is 9.18 Å². The van der Waals surface area contributed by atoms with Gasteiger partial charge in [0.05, 0.1) is 5.69 Å². The molecular weight excluding hydrogens is 339 g/mol. The molecule has 0 radical (unpaired) electrons. The molecular formula is C23H29FN2O. The molecule has 1 saturated heterocycles. The van der Waals surface area contributed by atoms with Gasteiger partial charge in [0.2, 0.25) is 5.91 Å². The van der Waals surface area contributed by atoms with Crippen molar-refractivity contribution in [3.63, 3.8) is 0 Å². The SMILES string of the molecule is CC(C)(C)c1ccc(CCC(=O)N2CCN(c3ccccc3F)CC2)cc1. The van der Waals surface area contributed by atoms with E-state index in [0.717, 1.165) is 6.42 Å². The highest BCUT2D eigenvalue weighted by Crippen LogP contribution is 2.23. The van der Waals surface area contributed by atoms with Crippen molar-refractivity contribution in [1.29, 1.82) is 0 Å². The lowest BCUT2D eigenvalue weighted by molar-refractivity contribution is -0.131. The van der Waals surface area contributed by atoms with Gasteiger partial charge in [0, 0.05) is 32.6 Å². The summed E-state index contributed by atoms with van der Waals surface area (Å²) in [5, 5.41) is 0. The number of hydrogen-bond acceptors (Lipinski definition) is 2. The van der Waals surface area contributed by atoms with Crippen LogP contribution in [0.5, 0.6) is 0 Å². The molecule has 27 heavy (non-hydrogen) atoms. The highest BCUT2D eigenvalue weighted by molar-refractivity contribution is 5.76. The highest BCUT2D eigenvalue weighted by Gasteiger charge is 2.22. The van der Waals surface area contributed by atoms with Crippen LogP contribution in [0.3, 0.4) is 0 Å². The molecule has 144 valence electrons. The number of aryl methyl sites for hydroxylation is 1. The van der Waals surface area contributed by atoms with E-state index in [-0.39, 0.29) is 17.1 Å². The first-order chi connectivity index (χ1) is 12.8. The first kappa shape index (κ1) is 19.4. The van der Waals surface area contributed by atoms with E-state index in [4.69, 9.17) is 0 Å². The number of anilines is 1. The number of nitrogens with zero attached hydrogens (tertiary/aromatic N) is 2. The van der Waals surface area contributed by atoms with E-state index in [1.807, 2.05) is 15.9 Å². The lowest BCUT2D eigenvalue weighted by Gasteiger charge is -2.36. The van der Waals surface area contributed by atoms with Gasteiger partial charge in [-0.25, -0.2) is 4.39 Å². The van der Waals surface area contributed by atoms with Crippen LogP contribution in [-0.2, 0) is 16.6 Å². The fourth-order valence-corrected chi connectivity index (χ4v) is 3.49. The van der Waals surface area contributed by atoms with Crippen LogP contribution in [0.25, 0.3) is 0 Å². The van der Waals surface area contributed by atoms with Gasteiger partial charge in [-0.15, -0.1) is 0 Å². The van der Waals surface area contributed by atoms with E-state index in [1.165, 1.54) is 17.2 Å². The van der Waals surface area contributed by atoms with Gasteiger partial charge < -0.3 is 9.80 Å². The topological polar surface area (TPSA) is 23.6 Å². The molecule has 0 aliphatic carbocycles. The average molecular weight is 368 g/mol. The number of amides is 1. The maximum atomic E-state index is 13.9. The maximum absolute atomic E-state index is 13.9. The number of rotatable bonds is 4. The van der Waals surface area contributed by atoms with Crippen LogP contribution in [0.2, 0.25) is 0 Å². The van der Waals surface area contributed by atoms with E-state index < -0.39 is 0 Å². The Hall–Kier alpha value is -2.36. The molecule has 1 amide bonds. The van der Waals surface area contributed by atoms with Crippen molar-refractivity contribution >= 4 is 11.6 Å². The zero-order chi connectivity index (χ0) is 19.4. The number of carbonyl (C=O) groups excluding carboxylic acids is 1. The van der Waals surface area contributed by atoms with Crippen molar-refractivity contribution in [2.24, 2.45) is 0 Å². The normalized spacial score (nSPS) is 15.1. The molecule has 2 aromatic carbocycles. The van der Waals surface area contributed by atoms with Crippen molar-refractivity contribution in [2.45, 2.75) is 39.0 Å². The number of carbonyl (C=O) groups is 1. The molecule has 4 heteroatoms. The van der Waals surface area contributed by atoms with Gasteiger partial charge >= 0.3 is 0 Å². The minimum absolute atomic E-state index is 0.145. The molecule has 0 saturated carbocycles. The quantitative estimate of drug-likeness (QED) is 0.798. The van der Waals surface area contributed by atoms with Gasteiger partial charge in [-0.3, -0.25) is 4.79 Å². The summed E-state index contributed by atoms with van der Waals surface area (Å²) >= 11 is 0. The Morgan fingerprint density at radius 1 is 0.963 bits per heavy atom. The molecule has 1 aliphatic heterocycles. The molecule has 0 aromatic heterocycles. The second kappa shape index (κ2) is 8.12. The summed E-state index contributed by atoms with van der Waals surface area (Å²) in [5.41, 5.74) is 3.28. The summed E-state index contributed by atoms with van der Waals surface area (Å²) in [6, 6.07) is 15.4. The van der Waals surface area contributed by atoms with Gasteiger partial charge in [0.15, 0.2) is 0 Å². The molecule has 0 unspecified atom stereocenters. The van der Waals surface area contributed by atoms with Crippen molar-refractivity contribution in [1.82, 2.24) is 4.90 Å². The zero-order valence-corrected chi connectivity index (χ0v) is 16.5. The van der Waals surface area contributed by atoms with E-state index >= 15 is 0 Å². The van der Waals surface area contributed by atoms with Crippen LogP contribution < -0.4 is 4.90 Å². The maximum Gasteiger partial charge on any atom is 0.223 e. The van der Waals surface area contributed by atoms with Crippen LogP contribution in [0.4, 0.5) is 10.1 Å². The molecule has 1 heterocycles. The molecule has 3 rings (SSSR count). The Morgan fingerprint density at radius 3 is 2.19 bits per heavy atom. The van der Waals surface area contributed by atoms with Crippen molar-refractivity contribution < 1.29 is 9.18 Å². The predicted molar refractivity (Wildman–Crippen MR) is 109 cm³/mol. The standard InChI is InChI=1S/C23H29FN2O/c1-23(2,3)19-11-8-18(9-12-19)10-13-22(27)26-16-14-25(15-17-26)21-7-5-4-6-20(21)24/h4-9,11-12H,10,13-17H2,1-3H3. The summed E-state index contributed by atoms with van der Waals surface area (Å²) < 4.78 is 13.9. The molecule has 0 bridgehead atoms. The lowest BCUT2D eigenvalue weighted by atomic mass is 9.86. The van der Waals surface area contributed by atoms with Crippen LogP contribution in [0.1, 0.15) is 38.3 Å². The molecule has 0 spiro atoms. The molecule has 3 nitrogen and oxygen atoms in total. The molecule has 0 N–H and O–H groups in total. The Kier molecular flexibility index (Phi) is 5.83. The first-order valence-electron chi connectivity index (χ1n) is 9.71. The monoisotopic (exact) mass is 368 g/mol. The van der Waals surface area contributed by atoms with Crippen molar-refractivity contribution in [2.75, 3.05) is 31.1 Å². The third-order valence-electron chi connectivity index (χ3n) is 5.27. The molecule has 0 atom stereocenters. The summed E-state index contributed by atoms with van der Waals surface area (Å²) in [6.45, 7) is 9.25. The minimum atomic E-state index is -0.198. The van der Waals surface area contributed by atoms with E-state index in [2.05, 4.69) is 45.0 Å². The highest BCUT2D eigenvalue weighted by atomic mass is 19.1. The van der Waals surface area contributed by atoms with E-state index in [1.54, 1.807) is 12.1 Å². The van der Waals surface area contributed by atoms with Gasteiger partial charge in [0.1, 0.15) is 5.82 Å². The third-order valence-corrected chi connectivity index (χ3v) is 5.27. The Balaban J connectivity index is 1.49. The van der Waals surface area contributed by atoms with Gasteiger partial charge in [0.25, 0.3) is 0 Å². The van der Waals surface area contributed by atoms with Crippen LogP contribution in [-0.4, -0.2) is 37.0 Å². The number of para-hydroxylation sites is 1. The van der Waals surface area contributed by atoms with Crippen molar-refractivity contribution in [3.8, 4) is 0 Å². The predicted octanol–water partition coefficient (Wildman–Crippen LogP) is 4.40. The smallest absolute Gasteiger partial charge is 0.223 e. The fraction of sp³-hybridized carbons (Fsp3) is 0.435. The van der Waals surface area contributed by atoms with Gasteiger partial charge in [-0.05, 0) is 35.1 Å². The van der Waals surface area contributed by atoms with E-state index in [0.29, 0.717) is 38.3 Å². The summed E-state index contributed by atoms with van der Waals surface area (Å²) in [4.78, 5) is 16.5. The molecule has 1 fully saturated rings. The Morgan fingerprint density at radius 2 is 1.59 bits per heavy atom. The van der Waals surface area contributed by atoms with Crippen LogP contribution in [0, 0.1) is 5.82 Å².